The molecule has 0 heterocycles. The van der Waals surface area contributed by atoms with E-state index in [1.165, 1.54) is 0 Å². The second kappa shape index (κ2) is 4.70. The van der Waals surface area contributed by atoms with Crippen LogP contribution in [0.5, 0.6) is 5.75 Å². The van der Waals surface area contributed by atoms with Crippen molar-refractivity contribution in [3.05, 3.63) is 54.1 Å². The number of carbonyl (C=O) groups excluding carboxylic acids is 1. The van der Waals surface area contributed by atoms with Crippen LogP contribution in [0.2, 0.25) is 0 Å². The summed E-state index contributed by atoms with van der Waals surface area (Å²) in [5, 5.41) is 0. The molecule has 0 unspecified atom stereocenters. The molecule has 0 spiro atoms. The van der Waals surface area contributed by atoms with Gasteiger partial charge in [-0.1, -0.05) is 24.3 Å². The molecule has 17 heavy (non-hydrogen) atoms. The molecule has 0 fully saturated rings. The van der Waals surface area contributed by atoms with Crippen LogP contribution in [0, 0.1) is 0 Å². The summed E-state index contributed by atoms with van der Waals surface area (Å²) in [7, 11) is 1.63. The topological polar surface area (TPSA) is 52.3 Å². The van der Waals surface area contributed by atoms with Crippen LogP contribution in [0.3, 0.4) is 0 Å². The van der Waals surface area contributed by atoms with Gasteiger partial charge >= 0.3 is 0 Å². The highest BCUT2D eigenvalue weighted by atomic mass is 16.5. The normalized spacial score (nSPS) is 9.94. The van der Waals surface area contributed by atoms with Crippen LogP contribution in [-0.2, 0) is 0 Å². The van der Waals surface area contributed by atoms with Crippen LogP contribution < -0.4 is 10.5 Å². The van der Waals surface area contributed by atoms with E-state index in [9.17, 15) is 4.79 Å². The summed E-state index contributed by atoms with van der Waals surface area (Å²) in [5.74, 6) is 0.392. The predicted molar refractivity (Wildman–Crippen MR) is 66.9 cm³/mol. The van der Waals surface area contributed by atoms with Crippen molar-refractivity contribution in [1.29, 1.82) is 0 Å². The fraction of sp³-hybridized carbons (Fsp3) is 0.0714. The summed E-state index contributed by atoms with van der Waals surface area (Å²) in [4.78, 5) is 11.0. The standard InChI is InChI=1S/C14H13NO2/c1-17-13-4-2-3-12(9-13)10-5-7-11(8-6-10)14(15)16/h2-9H,1H3,(H2,15,16). The van der Waals surface area contributed by atoms with Gasteiger partial charge < -0.3 is 10.5 Å². The van der Waals surface area contributed by atoms with E-state index in [1.807, 2.05) is 36.4 Å². The number of hydrogen-bond acceptors (Lipinski definition) is 2. The van der Waals surface area contributed by atoms with Gasteiger partial charge in [-0.15, -0.1) is 0 Å². The second-order valence-electron chi connectivity index (χ2n) is 3.67. The Kier molecular flexibility index (Phi) is 3.10. The van der Waals surface area contributed by atoms with Gasteiger partial charge in [0.15, 0.2) is 0 Å². The molecule has 0 aromatic heterocycles. The van der Waals surface area contributed by atoms with Gasteiger partial charge in [-0.3, -0.25) is 4.79 Å². The highest BCUT2D eigenvalue weighted by molar-refractivity contribution is 5.93. The van der Waals surface area contributed by atoms with Crippen LogP contribution in [0.15, 0.2) is 48.5 Å². The summed E-state index contributed by atoms with van der Waals surface area (Å²) in [6.07, 6.45) is 0. The van der Waals surface area contributed by atoms with Gasteiger partial charge in [0.05, 0.1) is 7.11 Å². The van der Waals surface area contributed by atoms with Crippen LogP contribution in [0.1, 0.15) is 10.4 Å². The van der Waals surface area contributed by atoms with E-state index in [0.29, 0.717) is 5.56 Å². The zero-order valence-corrected chi connectivity index (χ0v) is 9.51. The van der Waals surface area contributed by atoms with Gasteiger partial charge in [0.2, 0.25) is 5.91 Å². The number of primary amides is 1. The molecule has 0 bridgehead atoms. The Bertz CT molecular complexity index is 532. The van der Waals surface area contributed by atoms with Crippen molar-refractivity contribution in [2.75, 3.05) is 7.11 Å². The fourth-order valence-electron chi connectivity index (χ4n) is 1.63. The van der Waals surface area contributed by atoms with E-state index in [0.717, 1.165) is 16.9 Å². The quantitative estimate of drug-likeness (QED) is 0.875. The van der Waals surface area contributed by atoms with Crippen molar-refractivity contribution in [1.82, 2.24) is 0 Å². The summed E-state index contributed by atoms with van der Waals surface area (Å²) in [6.45, 7) is 0. The number of ether oxygens (including phenoxy) is 1. The number of carbonyl (C=O) groups is 1. The van der Waals surface area contributed by atoms with Crippen LogP contribution in [0.4, 0.5) is 0 Å². The van der Waals surface area contributed by atoms with E-state index >= 15 is 0 Å². The van der Waals surface area contributed by atoms with Crippen molar-refractivity contribution in [2.24, 2.45) is 5.73 Å². The predicted octanol–water partition coefficient (Wildman–Crippen LogP) is 2.46. The molecule has 2 rings (SSSR count). The van der Waals surface area contributed by atoms with E-state index < -0.39 is 5.91 Å². The minimum atomic E-state index is -0.415. The molecule has 2 aromatic carbocycles. The third-order valence-corrected chi connectivity index (χ3v) is 2.57. The highest BCUT2D eigenvalue weighted by Gasteiger charge is 2.02. The highest BCUT2D eigenvalue weighted by Crippen LogP contribution is 2.23. The lowest BCUT2D eigenvalue weighted by atomic mass is 10.0. The van der Waals surface area contributed by atoms with Crippen molar-refractivity contribution in [3.8, 4) is 16.9 Å². The molecule has 1 amide bonds. The first kappa shape index (κ1) is 11.2. The first-order valence-electron chi connectivity index (χ1n) is 5.25. The van der Waals surface area contributed by atoms with Gasteiger partial charge in [-0.2, -0.15) is 0 Å². The Labute approximate surface area is 99.8 Å². The summed E-state index contributed by atoms with van der Waals surface area (Å²) < 4.78 is 5.16. The maximum Gasteiger partial charge on any atom is 0.248 e. The summed E-state index contributed by atoms with van der Waals surface area (Å²) >= 11 is 0. The molecule has 0 radical (unpaired) electrons. The van der Waals surface area contributed by atoms with Crippen LogP contribution in [-0.4, -0.2) is 13.0 Å². The summed E-state index contributed by atoms with van der Waals surface area (Å²) in [5.41, 5.74) is 7.76. The third-order valence-electron chi connectivity index (χ3n) is 2.57. The molecule has 0 aliphatic heterocycles. The minimum Gasteiger partial charge on any atom is -0.497 e. The average molecular weight is 227 g/mol. The van der Waals surface area contributed by atoms with E-state index in [4.69, 9.17) is 10.5 Å². The van der Waals surface area contributed by atoms with E-state index in [1.54, 1.807) is 19.2 Å². The van der Waals surface area contributed by atoms with Crippen molar-refractivity contribution < 1.29 is 9.53 Å². The Hall–Kier alpha value is -2.29. The number of methoxy groups -OCH3 is 1. The van der Waals surface area contributed by atoms with Gasteiger partial charge in [0, 0.05) is 5.56 Å². The van der Waals surface area contributed by atoms with Crippen LogP contribution >= 0.6 is 0 Å². The average Bonchev–Trinajstić information content (AvgIpc) is 2.39. The first-order chi connectivity index (χ1) is 8.20. The third kappa shape index (κ3) is 2.45. The Morgan fingerprint density at radius 3 is 2.35 bits per heavy atom. The number of hydrogen-bond donors (Lipinski definition) is 1. The van der Waals surface area contributed by atoms with Gasteiger partial charge in [0.25, 0.3) is 0 Å². The smallest absolute Gasteiger partial charge is 0.248 e. The van der Waals surface area contributed by atoms with Gasteiger partial charge in [-0.25, -0.2) is 0 Å². The lowest BCUT2D eigenvalue weighted by Gasteiger charge is -2.05. The van der Waals surface area contributed by atoms with E-state index in [-0.39, 0.29) is 0 Å². The number of rotatable bonds is 3. The maximum absolute atomic E-state index is 11.0. The molecule has 86 valence electrons. The monoisotopic (exact) mass is 227 g/mol. The first-order valence-corrected chi connectivity index (χ1v) is 5.25. The van der Waals surface area contributed by atoms with Crippen molar-refractivity contribution in [2.45, 2.75) is 0 Å². The minimum absolute atomic E-state index is 0.415. The zero-order valence-electron chi connectivity index (χ0n) is 9.51. The molecule has 3 heteroatoms. The Morgan fingerprint density at radius 2 is 1.76 bits per heavy atom. The zero-order chi connectivity index (χ0) is 12.3. The molecular formula is C14H13NO2. The Morgan fingerprint density at radius 1 is 1.06 bits per heavy atom. The lowest BCUT2D eigenvalue weighted by molar-refractivity contribution is 0.100. The molecule has 2 aromatic rings. The van der Waals surface area contributed by atoms with Crippen molar-refractivity contribution >= 4 is 5.91 Å². The molecule has 2 N–H and O–H groups in total. The van der Waals surface area contributed by atoms with Crippen molar-refractivity contribution in [3.63, 3.8) is 0 Å². The molecule has 0 aliphatic carbocycles. The molecule has 0 saturated carbocycles. The van der Waals surface area contributed by atoms with Gasteiger partial charge in [0.1, 0.15) is 5.75 Å². The molecular weight excluding hydrogens is 214 g/mol. The molecule has 0 saturated heterocycles. The fourth-order valence-corrected chi connectivity index (χ4v) is 1.63. The Balaban J connectivity index is 2.36. The molecule has 0 atom stereocenters. The maximum atomic E-state index is 11.0. The summed E-state index contributed by atoms with van der Waals surface area (Å²) in [6, 6.07) is 14.9. The van der Waals surface area contributed by atoms with Gasteiger partial charge in [-0.05, 0) is 35.4 Å². The molecule has 0 aliphatic rings. The largest absolute Gasteiger partial charge is 0.497 e. The second-order valence-corrected chi connectivity index (χ2v) is 3.67. The van der Waals surface area contributed by atoms with E-state index in [2.05, 4.69) is 0 Å². The SMILES string of the molecule is COc1cccc(-c2ccc(C(N)=O)cc2)c1. The van der Waals surface area contributed by atoms with Crippen LogP contribution in [0.25, 0.3) is 11.1 Å². The number of benzene rings is 2. The number of nitrogens with two attached hydrogens (primary N) is 1. The number of amides is 1. The lowest BCUT2D eigenvalue weighted by Crippen LogP contribution is -2.10. The molecule has 3 nitrogen and oxygen atoms in total.